The highest BCUT2D eigenvalue weighted by atomic mass is 16.3. The van der Waals surface area contributed by atoms with E-state index in [4.69, 9.17) is 4.42 Å². The normalized spacial score (nSPS) is 26.6. The molecule has 2 heterocycles. The third-order valence-electron chi connectivity index (χ3n) is 4.23. The van der Waals surface area contributed by atoms with E-state index in [1.165, 1.54) is 0 Å². The SMILES string of the molecule is Cc1ccc(CN(C(=O)C2CNCC2C)C2CC2)o1. The van der Waals surface area contributed by atoms with Gasteiger partial charge in [0, 0.05) is 12.6 Å². The number of aryl methyl sites for hydroxylation is 1. The van der Waals surface area contributed by atoms with Crippen molar-refractivity contribution in [3.63, 3.8) is 0 Å². The highest BCUT2D eigenvalue weighted by molar-refractivity contribution is 5.80. The second kappa shape index (κ2) is 5.00. The van der Waals surface area contributed by atoms with E-state index in [9.17, 15) is 4.79 Å². The van der Waals surface area contributed by atoms with Gasteiger partial charge in [-0.2, -0.15) is 0 Å². The van der Waals surface area contributed by atoms with Gasteiger partial charge in [0.25, 0.3) is 0 Å². The molecule has 2 aliphatic rings. The van der Waals surface area contributed by atoms with Crippen molar-refractivity contribution in [1.82, 2.24) is 10.2 Å². The fourth-order valence-corrected chi connectivity index (χ4v) is 2.86. The highest BCUT2D eigenvalue weighted by Gasteiger charge is 2.39. The van der Waals surface area contributed by atoms with Gasteiger partial charge in [0.1, 0.15) is 11.5 Å². The van der Waals surface area contributed by atoms with Gasteiger partial charge in [-0.3, -0.25) is 4.79 Å². The van der Waals surface area contributed by atoms with E-state index in [0.717, 1.165) is 37.5 Å². The van der Waals surface area contributed by atoms with Crippen LogP contribution in [0.15, 0.2) is 16.5 Å². The van der Waals surface area contributed by atoms with Crippen LogP contribution in [0.3, 0.4) is 0 Å². The van der Waals surface area contributed by atoms with Gasteiger partial charge in [-0.1, -0.05) is 6.92 Å². The zero-order valence-electron chi connectivity index (χ0n) is 11.7. The summed E-state index contributed by atoms with van der Waals surface area (Å²) in [5.74, 6) is 2.68. The first-order valence-corrected chi connectivity index (χ1v) is 7.21. The monoisotopic (exact) mass is 262 g/mol. The molecule has 2 unspecified atom stereocenters. The van der Waals surface area contributed by atoms with Crippen molar-refractivity contribution in [3.05, 3.63) is 23.7 Å². The Bertz CT molecular complexity index is 464. The molecule has 2 atom stereocenters. The number of nitrogens with one attached hydrogen (secondary N) is 1. The molecular weight excluding hydrogens is 240 g/mol. The average Bonchev–Trinajstić information content (AvgIpc) is 3.01. The fraction of sp³-hybridized carbons (Fsp3) is 0.667. The molecule has 0 aromatic carbocycles. The number of hydrogen-bond acceptors (Lipinski definition) is 3. The van der Waals surface area contributed by atoms with Crippen molar-refractivity contribution < 1.29 is 9.21 Å². The molecule has 2 fully saturated rings. The van der Waals surface area contributed by atoms with Crippen molar-refractivity contribution in [2.75, 3.05) is 13.1 Å². The van der Waals surface area contributed by atoms with Gasteiger partial charge >= 0.3 is 0 Å². The Kier molecular flexibility index (Phi) is 3.35. The maximum absolute atomic E-state index is 12.7. The van der Waals surface area contributed by atoms with Crippen LogP contribution in [0.4, 0.5) is 0 Å². The zero-order chi connectivity index (χ0) is 13.4. The van der Waals surface area contributed by atoms with E-state index in [0.29, 0.717) is 24.4 Å². The van der Waals surface area contributed by atoms with E-state index in [2.05, 4.69) is 12.2 Å². The van der Waals surface area contributed by atoms with Gasteiger partial charge in [-0.15, -0.1) is 0 Å². The summed E-state index contributed by atoms with van der Waals surface area (Å²) in [5.41, 5.74) is 0. The Hall–Kier alpha value is -1.29. The molecular formula is C15H22N2O2. The Balaban J connectivity index is 1.71. The van der Waals surface area contributed by atoms with Crippen molar-refractivity contribution in [1.29, 1.82) is 0 Å². The first-order valence-electron chi connectivity index (χ1n) is 7.21. The average molecular weight is 262 g/mol. The minimum absolute atomic E-state index is 0.136. The van der Waals surface area contributed by atoms with Crippen molar-refractivity contribution in [2.24, 2.45) is 11.8 Å². The van der Waals surface area contributed by atoms with Crippen LogP contribution in [0.5, 0.6) is 0 Å². The molecule has 19 heavy (non-hydrogen) atoms. The first kappa shape index (κ1) is 12.7. The lowest BCUT2D eigenvalue weighted by Gasteiger charge is -2.26. The third kappa shape index (κ3) is 2.68. The van der Waals surface area contributed by atoms with Gasteiger partial charge in [-0.25, -0.2) is 0 Å². The number of rotatable bonds is 4. The van der Waals surface area contributed by atoms with Gasteiger partial charge in [0.15, 0.2) is 0 Å². The number of hydrogen-bond donors (Lipinski definition) is 1. The molecule has 1 aromatic rings. The molecule has 0 bridgehead atoms. The van der Waals surface area contributed by atoms with E-state index in [-0.39, 0.29) is 5.92 Å². The van der Waals surface area contributed by atoms with Crippen LogP contribution in [0, 0.1) is 18.8 Å². The number of furan rings is 1. The third-order valence-corrected chi connectivity index (χ3v) is 4.23. The van der Waals surface area contributed by atoms with Crippen molar-refractivity contribution in [3.8, 4) is 0 Å². The molecule has 104 valence electrons. The molecule has 1 aliphatic heterocycles. The summed E-state index contributed by atoms with van der Waals surface area (Å²) in [6.07, 6.45) is 2.28. The topological polar surface area (TPSA) is 45.5 Å². The van der Waals surface area contributed by atoms with Crippen LogP contribution in [-0.2, 0) is 11.3 Å². The maximum atomic E-state index is 12.7. The smallest absolute Gasteiger partial charge is 0.227 e. The van der Waals surface area contributed by atoms with Crippen LogP contribution >= 0.6 is 0 Å². The fourth-order valence-electron chi connectivity index (χ4n) is 2.86. The molecule has 4 heteroatoms. The van der Waals surface area contributed by atoms with E-state index >= 15 is 0 Å². The second-order valence-corrected chi connectivity index (χ2v) is 5.95. The predicted octanol–water partition coefficient (Wildman–Crippen LogP) is 1.93. The second-order valence-electron chi connectivity index (χ2n) is 5.95. The Morgan fingerprint density at radius 3 is 2.74 bits per heavy atom. The van der Waals surface area contributed by atoms with Crippen LogP contribution < -0.4 is 5.32 Å². The Morgan fingerprint density at radius 1 is 1.42 bits per heavy atom. The Labute approximate surface area is 114 Å². The number of nitrogens with zero attached hydrogens (tertiary/aromatic N) is 1. The minimum Gasteiger partial charge on any atom is -0.464 e. The minimum atomic E-state index is 0.136. The van der Waals surface area contributed by atoms with Gasteiger partial charge in [-0.05, 0) is 44.4 Å². The van der Waals surface area contributed by atoms with E-state index < -0.39 is 0 Å². The number of carbonyl (C=O) groups is 1. The molecule has 1 N–H and O–H groups in total. The maximum Gasteiger partial charge on any atom is 0.227 e. The first-order chi connectivity index (χ1) is 9.15. The Morgan fingerprint density at radius 2 is 2.21 bits per heavy atom. The molecule has 0 spiro atoms. The van der Waals surface area contributed by atoms with Crippen LogP contribution in [0.2, 0.25) is 0 Å². The zero-order valence-corrected chi connectivity index (χ0v) is 11.7. The standard InChI is InChI=1S/C15H22N2O2/c1-10-7-16-8-14(10)15(18)17(12-4-5-12)9-13-6-3-11(2)19-13/h3,6,10,12,14,16H,4-5,7-9H2,1-2H3. The van der Waals surface area contributed by atoms with Gasteiger partial charge in [0.2, 0.25) is 5.91 Å². The van der Waals surface area contributed by atoms with E-state index in [1.54, 1.807) is 0 Å². The molecule has 1 aliphatic carbocycles. The number of carbonyl (C=O) groups excluding carboxylic acids is 1. The molecule has 1 saturated carbocycles. The van der Waals surface area contributed by atoms with Gasteiger partial charge < -0.3 is 14.6 Å². The molecule has 0 radical (unpaired) electrons. The van der Waals surface area contributed by atoms with E-state index in [1.807, 2.05) is 24.0 Å². The highest BCUT2D eigenvalue weighted by Crippen LogP contribution is 2.32. The van der Waals surface area contributed by atoms with Gasteiger partial charge in [0.05, 0.1) is 12.5 Å². The summed E-state index contributed by atoms with van der Waals surface area (Å²) >= 11 is 0. The predicted molar refractivity (Wildman–Crippen MR) is 72.5 cm³/mol. The largest absolute Gasteiger partial charge is 0.464 e. The van der Waals surface area contributed by atoms with Crippen LogP contribution in [-0.4, -0.2) is 29.9 Å². The van der Waals surface area contributed by atoms with Crippen LogP contribution in [0.1, 0.15) is 31.3 Å². The summed E-state index contributed by atoms with van der Waals surface area (Å²) in [6.45, 7) is 6.50. The molecule has 1 saturated heterocycles. The molecule has 4 nitrogen and oxygen atoms in total. The summed E-state index contributed by atoms with van der Waals surface area (Å²) < 4.78 is 5.62. The lowest BCUT2D eigenvalue weighted by molar-refractivity contribution is -0.137. The summed E-state index contributed by atoms with van der Waals surface area (Å²) in [7, 11) is 0. The summed E-state index contributed by atoms with van der Waals surface area (Å²) in [4.78, 5) is 14.7. The lowest BCUT2D eigenvalue weighted by Crippen LogP contribution is -2.39. The van der Waals surface area contributed by atoms with Crippen molar-refractivity contribution >= 4 is 5.91 Å². The quantitative estimate of drug-likeness (QED) is 0.902. The molecule has 1 amide bonds. The summed E-state index contributed by atoms with van der Waals surface area (Å²) in [6, 6.07) is 4.38. The number of amides is 1. The summed E-state index contributed by atoms with van der Waals surface area (Å²) in [5, 5.41) is 3.31. The van der Waals surface area contributed by atoms with Crippen molar-refractivity contribution in [2.45, 2.75) is 39.3 Å². The van der Waals surface area contributed by atoms with Crippen LogP contribution in [0.25, 0.3) is 0 Å². The molecule has 1 aromatic heterocycles. The molecule has 3 rings (SSSR count). The lowest BCUT2D eigenvalue weighted by atomic mass is 9.96.